The van der Waals surface area contributed by atoms with Gasteiger partial charge < -0.3 is 4.90 Å². The number of carbonyl (C=O) groups excluding carboxylic acids is 1. The number of unbranched alkanes of at least 4 members (excludes halogenated alkanes) is 1. The normalized spacial score (nSPS) is 10.9. The summed E-state index contributed by atoms with van der Waals surface area (Å²) in [5.41, 5.74) is 0.350. The summed E-state index contributed by atoms with van der Waals surface area (Å²) in [5.74, 6) is -0.436. The maximum absolute atomic E-state index is 12.7. The average Bonchev–Trinajstić information content (AvgIpc) is 2.39. The summed E-state index contributed by atoms with van der Waals surface area (Å²) in [4.78, 5) is 17.9. The molecule has 1 aromatic rings. The Kier molecular flexibility index (Phi) is 6.50. The van der Waals surface area contributed by atoms with Crippen LogP contribution in [-0.2, 0) is 0 Å². The third kappa shape index (κ3) is 4.92. The van der Waals surface area contributed by atoms with Gasteiger partial charge in [-0.15, -0.1) is 0 Å². The van der Waals surface area contributed by atoms with Crippen molar-refractivity contribution < 1.29 is 9.18 Å². The van der Waals surface area contributed by atoms with E-state index in [2.05, 4.69) is 23.7 Å². The van der Waals surface area contributed by atoms with Gasteiger partial charge in [-0.05, 0) is 31.6 Å². The second kappa shape index (κ2) is 7.93. The van der Waals surface area contributed by atoms with Crippen LogP contribution in [0, 0.1) is 5.82 Å². The molecule has 0 aliphatic rings. The summed E-state index contributed by atoms with van der Waals surface area (Å²) in [7, 11) is 0. The van der Waals surface area contributed by atoms with E-state index in [0.717, 1.165) is 38.7 Å². The third-order valence-corrected chi connectivity index (χ3v) is 2.94. The topological polar surface area (TPSA) is 33.2 Å². The first-order valence-electron chi connectivity index (χ1n) is 6.54. The molecule has 0 unspecified atom stereocenters. The summed E-state index contributed by atoms with van der Waals surface area (Å²) in [6.07, 6.45) is 3.83. The van der Waals surface area contributed by atoms with Gasteiger partial charge in [0.25, 0.3) is 0 Å². The molecule has 3 nitrogen and oxygen atoms in total. The lowest BCUT2D eigenvalue weighted by molar-refractivity contribution is 0.0960. The number of hydrogen-bond donors (Lipinski definition) is 0. The molecule has 0 fully saturated rings. The van der Waals surface area contributed by atoms with E-state index in [0.29, 0.717) is 12.1 Å². The van der Waals surface area contributed by atoms with Crippen LogP contribution >= 0.6 is 0 Å². The predicted octanol–water partition coefficient (Wildman–Crippen LogP) is 2.92. The molecule has 0 saturated heterocycles. The zero-order chi connectivity index (χ0) is 13.4. The van der Waals surface area contributed by atoms with E-state index in [1.807, 2.05) is 0 Å². The van der Waals surface area contributed by atoms with Gasteiger partial charge in [0.1, 0.15) is 11.5 Å². The SMILES string of the molecule is CCCCN(CC)CCC(=O)c1ccc(F)cn1. The Labute approximate surface area is 108 Å². The van der Waals surface area contributed by atoms with Crippen molar-refractivity contribution in [3.05, 3.63) is 29.8 Å². The van der Waals surface area contributed by atoms with Crippen molar-refractivity contribution in [1.29, 1.82) is 0 Å². The van der Waals surface area contributed by atoms with E-state index in [-0.39, 0.29) is 5.78 Å². The summed E-state index contributed by atoms with van der Waals surface area (Å²) in [6.45, 7) is 6.97. The van der Waals surface area contributed by atoms with Crippen LogP contribution in [-0.4, -0.2) is 35.3 Å². The fourth-order valence-corrected chi connectivity index (χ4v) is 1.74. The van der Waals surface area contributed by atoms with Gasteiger partial charge in [0.15, 0.2) is 5.78 Å². The van der Waals surface area contributed by atoms with E-state index < -0.39 is 5.82 Å². The Morgan fingerprint density at radius 3 is 2.67 bits per heavy atom. The first-order chi connectivity index (χ1) is 8.67. The van der Waals surface area contributed by atoms with Crippen LogP contribution in [0.4, 0.5) is 4.39 Å². The summed E-state index contributed by atoms with van der Waals surface area (Å²) >= 11 is 0. The molecule has 0 aliphatic carbocycles. The molecule has 0 radical (unpaired) electrons. The van der Waals surface area contributed by atoms with E-state index >= 15 is 0 Å². The van der Waals surface area contributed by atoms with Crippen LogP contribution in [0.2, 0.25) is 0 Å². The van der Waals surface area contributed by atoms with Crippen molar-refractivity contribution in [2.45, 2.75) is 33.1 Å². The lowest BCUT2D eigenvalue weighted by atomic mass is 10.2. The van der Waals surface area contributed by atoms with Crippen LogP contribution < -0.4 is 0 Å². The van der Waals surface area contributed by atoms with Gasteiger partial charge in [-0.25, -0.2) is 4.39 Å². The maximum atomic E-state index is 12.7. The fourth-order valence-electron chi connectivity index (χ4n) is 1.74. The molecular formula is C14H21FN2O. The van der Waals surface area contributed by atoms with Gasteiger partial charge in [0.2, 0.25) is 0 Å². The molecule has 0 spiro atoms. The summed E-state index contributed by atoms with van der Waals surface area (Å²) < 4.78 is 12.7. The van der Waals surface area contributed by atoms with Gasteiger partial charge >= 0.3 is 0 Å². The molecule has 100 valence electrons. The number of carbonyl (C=O) groups is 1. The van der Waals surface area contributed by atoms with Crippen LogP contribution in [0.1, 0.15) is 43.6 Å². The molecule has 0 aliphatic heterocycles. The highest BCUT2D eigenvalue weighted by atomic mass is 19.1. The molecule has 1 rings (SSSR count). The van der Waals surface area contributed by atoms with Crippen LogP contribution in [0.25, 0.3) is 0 Å². The van der Waals surface area contributed by atoms with Crippen LogP contribution in [0.5, 0.6) is 0 Å². The Balaban J connectivity index is 2.42. The zero-order valence-electron chi connectivity index (χ0n) is 11.2. The number of ketones is 1. The fraction of sp³-hybridized carbons (Fsp3) is 0.571. The molecule has 0 bridgehead atoms. The Hall–Kier alpha value is -1.29. The van der Waals surface area contributed by atoms with Crippen molar-refractivity contribution in [3.8, 4) is 0 Å². The summed E-state index contributed by atoms with van der Waals surface area (Å²) in [6, 6.07) is 2.72. The van der Waals surface area contributed by atoms with Gasteiger partial charge in [-0.1, -0.05) is 20.3 Å². The number of nitrogens with zero attached hydrogens (tertiary/aromatic N) is 2. The van der Waals surface area contributed by atoms with Crippen LogP contribution in [0.3, 0.4) is 0 Å². The maximum Gasteiger partial charge on any atom is 0.182 e. The minimum atomic E-state index is -0.412. The molecular weight excluding hydrogens is 231 g/mol. The molecule has 0 atom stereocenters. The Morgan fingerprint density at radius 1 is 1.33 bits per heavy atom. The average molecular weight is 252 g/mol. The highest BCUT2D eigenvalue weighted by Crippen LogP contribution is 2.04. The minimum absolute atomic E-state index is 0.0232. The number of rotatable bonds is 8. The number of halogens is 1. The number of pyridine rings is 1. The monoisotopic (exact) mass is 252 g/mol. The Morgan fingerprint density at radius 2 is 2.11 bits per heavy atom. The van der Waals surface area contributed by atoms with Crippen molar-refractivity contribution in [3.63, 3.8) is 0 Å². The smallest absolute Gasteiger partial charge is 0.182 e. The molecule has 0 N–H and O–H groups in total. The third-order valence-electron chi connectivity index (χ3n) is 2.94. The summed E-state index contributed by atoms with van der Waals surface area (Å²) in [5, 5.41) is 0. The standard InChI is InChI=1S/C14H21FN2O/c1-3-5-9-17(4-2)10-8-14(18)13-7-6-12(15)11-16-13/h6-7,11H,3-5,8-10H2,1-2H3. The molecule has 1 heterocycles. The van der Waals surface area contributed by atoms with E-state index in [1.54, 1.807) is 0 Å². The van der Waals surface area contributed by atoms with Gasteiger partial charge in [0.05, 0.1) is 6.20 Å². The molecule has 4 heteroatoms. The first kappa shape index (κ1) is 14.8. The lowest BCUT2D eigenvalue weighted by Crippen LogP contribution is -2.27. The van der Waals surface area contributed by atoms with Crippen molar-refractivity contribution in [2.75, 3.05) is 19.6 Å². The first-order valence-corrected chi connectivity index (χ1v) is 6.54. The lowest BCUT2D eigenvalue weighted by Gasteiger charge is -2.19. The molecule has 0 aromatic carbocycles. The highest BCUT2D eigenvalue weighted by molar-refractivity contribution is 5.94. The van der Waals surface area contributed by atoms with Crippen molar-refractivity contribution in [2.24, 2.45) is 0 Å². The minimum Gasteiger partial charge on any atom is -0.303 e. The number of aromatic nitrogens is 1. The van der Waals surface area contributed by atoms with Crippen molar-refractivity contribution >= 4 is 5.78 Å². The van der Waals surface area contributed by atoms with Gasteiger partial charge in [0, 0.05) is 13.0 Å². The van der Waals surface area contributed by atoms with E-state index in [9.17, 15) is 9.18 Å². The second-order valence-electron chi connectivity index (χ2n) is 4.32. The van der Waals surface area contributed by atoms with Gasteiger partial charge in [-0.2, -0.15) is 0 Å². The number of hydrogen-bond acceptors (Lipinski definition) is 3. The molecule has 0 saturated carbocycles. The van der Waals surface area contributed by atoms with E-state index in [1.165, 1.54) is 12.1 Å². The van der Waals surface area contributed by atoms with E-state index in [4.69, 9.17) is 0 Å². The van der Waals surface area contributed by atoms with Gasteiger partial charge in [-0.3, -0.25) is 9.78 Å². The predicted molar refractivity (Wildman–Crippen MR) is 70.2 cm³/mol. The zero-order valence-corrected chi connectivity index (χ0v) is 11.2. The van der Waals surface area contributed by atoms with Crippen molar-refractivity contribution in [1.82, 2.24) is 9.88 Å². The highest BCUT2D eigenvalue weighted by Gasteiger charge is 2.10. The molecule has 1 aromatic heterocycles. The Bertz CT molecular complexity index is 365. The largest absolute Gasteiger partial charge is 0.303 e. The molecule has 0 amide bonds. The second-order valence-corrected chi connectivity index (χ2v) is 4.32. The quantitative estimate of drug-likeness (QED) is 0.667. The molecule has 18 heavy (non-hydrogen) atoms. The van der Waals surface area contributed by atoms with Crippen LogP contribution in [0.15, 0.2) is 18.3 Å². The number of Topliss-reactive ketones (excluding diaryl/α,β-unsaturated/α-hetero) is 1.